The van der Waals surface area contributed by atoms with Crippen molar-refractivity contribution in [2.75, 3.05) is 18.8 Å². The number of halogens is 2. The normalized spacial score (nSPS) is 18.8. The van der Waals surface area contributed by atoms with Gasteiger partial charge in [-0.3, -0.25) is 28.4 Å². The number of hydrogen-bond donors (Lipinski definition) is 3. The van der Waals surface area contributed by atoms with Crippen LogP contribution >= 0.6 is 33.8 Å². The Labute approximate surface area is 222 Å². The lowest BCUT2D eigenvalue weighted by molar-refractivity contribution is -0.144. The number of ketones is 2. The van der Waals surface area contributed by atoms with Gasteiger partial charge in [-0.25, -0.2) is 0 Å². The topological polar surface area (TPSA) is 107 Å². The molecule has 0 bridgehead atoms. The SMILES string of the molecule is O=C(CS(O)(O)c1ccc(Cl)c(Cl)c1)C(=O)C(=O)N[C@@H]1CCCc2cc(CN3CCCCC3)ccc21. The van der Waals surface area contributed by atoms with E-state index in [1.165, 1.54) is 43.0 Å². The first-order valence-electron chi connectivity index (χ1n) is 12.1. The van der Waals surface area contributed by atoms with Gasteiger partial charge in [0.25, 0.3) is 11.7 Å². The van der Waals surface area contributed by atoms with E-state index in [1.54, 1.807) is 0 Å². The number of Topliss-reactive ketones (excluding diaryl/α,β-unsaturated/α-hetero) is 2. The summed E-state index contributed by atoms with van der Waals surface area (Å²) in [4.78, 5) is 40.0. The summed E-state index contributed by atoms with van der Waals surface area (Å²) in [5.74, 6) is -4.42. The van der Waals surface area contributed by atoms with Gasteiger partial charge in [-0.05, 0) is 80.1 Å². The standard InChI is InChI=1S/C26H30Cl2N2O5S/c27-21-10-8-19(14-22(21)28)36(34,35)16-24(31)25(32)26(33)29-23-6-4-5-18-13-17(7-9-20(18)23)15-30-11-2-1-3-12-30/h7-10,13-14,23,34-35H,1-6,11-12,15-16H2,(H,29,33)/t23-/m1/s1. The molecule has 1 amide bonds. The van der Waals surface area contributed by atoms with Gasteiger partial charge < -0.3 is 5.32 Å². The smallest absolute Gasteiger partial charge is 0.296 e. The van der Waals surface area contributed by atoms with Crippen LogP contribution in [0.4, 0.5) is 0 Å². The fourth-order valence-electron chi connectivity index (χ4n) is 4.85. The van der Waals surface area contributed by atoms with Crippen molar-refractivity contribution in [2.45, 2.75) is 56.0 Å². The van der Waals surface area contributed by atoms with E-state index in [-0.39, 0.29) is 21.0 Å². The van der Waals surface area contributed by atoms with E-state index in [0.717, 1.165) is 43.6 Å². The van der Waals surface area contributed by atoms with Crippen molar-refractivity contribution in [3.05, 3.63) is 63.1 Å². The molecule has 1 aliphatic carbocycles. The number of likely N-dealkylation sites (tertiary alicyclic amines) is 1. The van der Waals surface area contributed by atoms with Crippen LogP contribution in [0.1, 0.15) is 54.8 Å². The summed E-state index contributed by atoms with van der Waals surface area (Å²) >= 11 is 11.8. The highest BCUT2D eigenvalue weighted by Gasteiger charge is 2.32. The fraction of sp³-hybridized carbons (Fsp3) is 0.423. The molecule has 1 fully saturated rings. The average Bonchev–Trinajstić information content (AvgIpc) is 2.85. The van der Waals surface area contributed by atoms with Gasteiger partial charge in [-0.1, -0.05) is 47.8 Å². The monoisotopic (exact) mass is 552 g/mol. The molecule has 4 rings (SSSR count). The van der Waals surface area contributed by atoms with Gasteiger partial charge in [0.15, 0.2) is 0 Å². The van der Waals surface area contributed by atoms with Crippen molar-refractivity contribution in [2.24, 2.45) is 0 Å². The number of nitrogens with one attached hydrogen (secondary N) is 1. The Balaban J connectivity index is 1.39. The van der Waals surface area contributed by atoms with Crippen LogP contribution in [0, 0.1) is 0 Å². The second-order valence-corrected chi connectivity index (χ2v) is 12.3. The minimum atomic E-state index is -3.67. The second-order valence-electron chi connectivity index (χ2n) is 9.43. The van der Waals surface area contributed by atoms with Crippen LogP contribution in [0.2, 0.25) is 10.0 Å². The summed E-state index contributed by atoms with van der Waals surface area (Å²) in [6.45, 7) is 3.13. The quantitative estimate of drug-likeness (QED) is 0.298. The number of carbonyl (C=O) groups excluding carboxylic acids is 3. The maximum Gasteiger partial charge on any atom is 0.296 e. The molecule has 0 saturated carbocycles. The molecule has 7 nitrogen and oxygen atoms in total. The number of piperidine rings is 1. The van der Waals surface area contributed by atoms with E-state index in [9.17, 15) is 23.5 Å². The van der Waals surface area contributed by atoms with Crippen molar-refractivity contribution >= 4 is 51.3 Å². The molecule has 2 aromatic rings. The zero-order chi connectivity index (χ0) is 25.9. The summed E-state index contributed by atoms with van der Waals surface area (Å²) in [5, 5.41) is 2.98. The summed E-state index contributed by atoms with van der Waals surface area (Å²) in [6, 6.07) is 9.79. The molecule has 10 heteroatoms. The van der Waals surface area contributed by atoms with Crippen LogP contribution in [0.25, 0.3) is 0 Å². The Kier molecular flexibility index (Phi) is 8.75. The highest BCUT2D eigenvalue weighted by atomic mass is 35.5. The summed E-state index contributed by atoms with van der Waals surface area (Å²) in [5.41, 5.74) is 3.34. The molecule has 36 heavy (non-hydrogen) atoms. The Morgan fingerprint density at radius 3 is 2.44 bits per heavy atom. The number of nitrogens with zero attached hydrogens (tertiary/aromatic N) is 1. The first-order chi connectivity index (χ1) is 17.1. The maximum atomic E-state index is 12.6. The minimum Gasteiger partial charge on any atom is -0.342 e. The van der Waals surface area contributed by atoms with Crippen molar-refractivity contribution in [1.29, 1.82) is 0 Å². The molecule has 0 radical (unpaired) electrons. The van der Waals surface area contributed by atoms with Gasteiger partial charge >= 0.3 is 0 Å². The van der Waals surface area contributed by atoms with Crippen molar-refractivity contribution in [3.63, 3.8) is 0 Å². The first-order valence-corrected chi connectivity index (χ1v) is 14.5. The number of aryl methyl sites for hydroxylation is 1. The van der Waals surface area contributed by atoms with Crippen LogP contribution in [-0.4, -0.2) is 50.3 Å². The molecule has 1 saturated heterocycles. The molecule has 3 N–H and O–H groups in total. The number of hydrogen-bond acceptors (Lipinski definition) is 6. The van der Waals surface area contributed by atoms with Crippen molar-refractivity contribution in [3.8, 4) is 0 Å². The largest absolute Gasteiger partial charge is 0.342 e. The Hall–Kier alpha value is -1.94. The van der Waals surface area contributed by atoms with Crippen molar-refractivity contribution < 1.29 is 23.5 Å². The maximum absolute atomic E-state index is 12.6. The zero-order valence-corrected chi connectivity index (χ0v) is 22.2. The van der Waals surface area contributed by atoms with Crippen LogP contribution in [0.3, 0.4) is 0 Å². The summed E-state index contributed by atoms with van der Waals surface area (Å²) in [7, 11) is -3.67. The molecule has 1 heterocycles. The first kappa shape index (κ1) is 27.1. The molecule has 1 atom stereocenters. The predicted octanol–water partition coefficient (Wildman–Crippen LogP) is 5.42. The molecular weight excluding hydrogens is 523 g/mol. The average molecular weight is 554 g/mol. The third-order valence-electron chi connectivity index (χ3n) is 6.74. The van der Waals surface area contributed by atoms with Crippen LogP contribution in [0.5, 0.6) is 0 Å². The molecule has 194 valence electrons. The molecular formula is C26H30Cl2N2O5S. The van der Waals surface area contributed by atoms with Gasteiger partial charge in [0, 0.05) is 6.54 Å². The van der Waals surface area contributed by atoms with E-state index in [1.807, 2.05) is 6.07 Å². The number of fused-ring (bicyclic) bond motifs is 1. The van der Waals surface area contributed by atoms with Crippen LogP contribution in [0.15, 0.2) is 41.3 Å². The fourth-order valence-corrected chi connectivity index (χ4v) is 6.47. The third-order valence-corrected chi connectivity index (χ3v) is 9.15. The van der Waals surface area contributed by atoms with Gasteiger partial charge in [0.2, 0.25) is 5.78 Å². The van der Waals surface area contributed by atoms with Crippen molar-refractivity contribution in [1.82, 2.24) is 10.2 Å². The van der Waals surface area contributed by atoms with E-state index in [4.69, 9.17) is 23.2 Å². The second kappa shape index (κ2) is 11.6. The minimum absolute atomic E-state index is 0.0278. The highest BCUT2D eigenvalue weighted by molar-refractivity contribution is 8.25. The van der Waals surface area contributed by atoms with Gasteiger partial charge in [0.05, 0.1) is 21.0 Å². The predicted molar refractivity (Wildman–Crippen MR) is 142 cm³/mol. The van der Waals surface area contributed by atoms with Gasteiger partial charge in [0.1, 0.15) is 5.75 Å². The van der Waals surface area contributed by atoms with E-state index < -0.39 is 33.8 Å². The van der Waals surface area contributed by atoms with Gasteiger partial charge in [-0.2, -0.15) is 10.6 Å². The lowest BCUT2D eigenvalue weighted by Gasteiger charge is -2.31. The lowest BCUT2D eigenvalue weighted by Crippen LogP contribution is -2.40. The van der Waals surface area contributed by atoms with Crippen LogP contribution in [-0.2, 0) is 27.3 Å². The molecule has 0 spiro atoms. The van der Waals surface area contributed by atoms with Gasteiger partial charge in [-0.15, -0.1) is 0 Å². The molecule has 2 aromatic carbocycles. The third kappa shape index (κ3) is 6.49. The van der Waals surface area contributed by atoms with E-state index >= 15 is 0 Å². The highest BCUT2D eigenvalue weighted by Crippen LogP contribution is 2.49. The van der Waals surface area contributed by atoms with E-state index in [2.05, 4.69) is 22.3 Å². The summed E-state index contributed by atoms with van der Waals surface area (Å²) in [6.07, 6.45) is 6.16. The zero-order valence-electron chi connectivity index (χ0n) is 19.8. The number of carbonyl (C=O) groups is 3. The number of rotatable bonds is 8. The Morgan fingerprint density at radius 1 is 0.972 bits per heavy atom. The Bertz CT molecular complexity index is 1170. The number of benzene rings is 2. The van der Waals surface area contributed by atoms with E-state index in [0.29, 0.717) is 6.42 Å². The van der Waals surface area contributed by atoms with Crippen LogP contribution < -0.4 is 5.32 Å². The molecule has 2 aliphatic rings. The molecule has 0 aromatic heterocycles. The Morgan fingerprint density at radius 2 is 1.72 bits per heavy atom. The lowest BCUT2D eigenvalue weighted by atomic mass is 9.86. The summed E-state index contributed by atoms with van der Waals surface area (Å²) < 4.78 is 20.9. The number of amides is 1. The molecule has 1 aliphatic heterocycles. The molecule has 0 unspecified atom stereocenters.